The minimum atomic E-state index is -6.05. The summed E-state index contributed by atoms with van der Waals surface area (Å²) in [4.78, 5) is 11.9. The highest BCUT2D eigenvalue weighted by atomic mass is 32.2. The van der Waals surface area contributed by atoms with Gasteiger partial charge in [-0.1, -0.05) is 67.4 Å². The molecule has 0 saturated carbocycles. The molecule has 2 rings (SSSR count). The zero-order chi connectivity index (χ0) is 33.7. The summed E-state index contributed by atoms with van der Waals surface area (Å²) in [5.74, 6) is 4.60. The molecule has 0 atom stereocenters. The minimum Gasteiger partial charge on any atom is -0.461 e. The van der Waals surface area contributed by atoms with E-state index in [1.54, 1.807) is 72.5 Å². The standard InChI is InChI=1S/C30H38F3NO7S2Si/c1-22(18-20-40-28(35)29(3,4)5)11-10-19-34(42(36,37)25-16-14-23(2)15-17-25)21-24-12-9-13-26(44(6,7)8)27(24)41-43(38,39)30(31,32)33/h9,12-18H,19-21H2,1-8H3/b22-18+. The van der Waals surface area contributed by atoms with E-state index < -0.39 is 63.9 Å². The van der Waals surface area contributed by atoms with Gasteiger partial charge in [-0.25, -0.2) is 8.42 Å². The zero-order valence-corrected chi connectivity index (χ0v) is 28.6. The second-order valence-electron chi connectivity index (χ2n) is 12.2. The Hall–Kier alpha value is -3.12. The first-order valence-electron chi connectivity index (χ1n) is 13.5. The maximum Gasteiger partial charge on any atom is 0.534 e. The molecule has 0 aliphatic heterocycles. The Balaban J connectivity index is 2.58. The topological polar surface area (TPSA) is 107 Å². The predicted molar refractivity (Wildman–Crippen MR) is 166 cm³/mol. The second kappa shape index (κ2) is 13.9. The SMILES string of the molecule is C/C(C#CCN(Cc1cccc([Si](C)(C)C)c1OS(=O)(=O)C(F)(F)F)S(=O)(=O)c1ccc(C)cc1)=C\COC(=O)C(C)(C)C. The lowest BCUT2D eigenvalue weighted by Gasteiger charge is -2.26. The van der Waals surface area contributed by atoms with Gasteiger partial charge in [-0.2, -0.15) is 25.9 Å². The summed E-state index contributed by atoms with van der Waals surface area (Å²) in [6.07, 6.45) is 1.56. The summed E-state index contributed by atoms with van der Waals surface area (Å²) in [7, 11) is -12.8. The van der Waals surface area contributed by atoms with Gasteiger partial charge in [0.1, 0.15) is 12.4 Å². The van der Waals surface area contributed by atoms with Gasteiger partial charge in [0, 0.05) is 12.1 Å². The van der Waals surface area contributed by atoms with Crippen LogP contribution < -0.4 is 9.37 Å². The van der Waals surface area contributed by atoms with Gasteiger partial charge in [0.05, 0.1) is 24.9 Å². The molecule has 0 aromatic heterocycles. The summed E-state index contributed by atoms with van der Waals surface area (Å²) in [5, 5.41) is 0.269. The number of alkyl halides is 3. The summed E-state index contributed by atoms with van der Waals surface area (Å²) in [6, 6.07) is 10.3. The van der Waals surface area contributed by atoms with E-state index in [9.17, 15) is 34.8 Å². The van der Waals surface area contributed by atoms with Crippen molar-refractivity contribution in [2.24, 2.45) is 5.41 Å². The quantitative estimate of drug-likeness (QED) is 0.108. The van der Waals surface area contributed by atoms with Gasteiger partial charge in [-0.05, 0) is 63.6 Å². The fourth-order valence-corrected chi connectivity index (χ4v) is 7.00. The number of benzene rings is 2. The number of carbonyl (C=O) groups is 1. The summed E-state index contributed by atoms with van der Waals surface area (Å²) in [6.45, 7) is 13.0. The van der Waals surface area contributed by atoms with E-state index >= 15 is 0 Å². The van der Waals surface area contributed by atoms with Crippen LogP contribution >= 0.6 is 0 Å². The summed E-state index contributed by atoms with van der Waals surface area (Å²) < 4.78 is 103. The third-order valence-corrected chi connectivity index (χ3v) is 10.9. The molecule has 2 aromatic carbocycles. The van der Waals surface area contributed by atoms with Crippen LogP contribution in [0.15, 0.2) is 59.0 Å². The molecule has 0 radical (unpaired) electrons. The van der Waals surface area contributed by atoms with E-state index in [4.69, 9.17) is 8.92 Å². The molecular formula is C30H38F3NO7S2Si. The third kappa shape index (κ3) is 9.95. The van der Waals surface area contributed by atoms with Crippen LogP contribution in [0.25, 0.3) is 0 Å². The first-order chi connectivity index (χ1) is 20.0. The Morgan fingerprint density at radius 2 is 1.59 bits per heavy atom. The highest BCUT2D eigenvalue weighted by Crippen LogP contribution is 2.31. The number of carbonyl (C=O) groups excluding carboxylic acids is 1. The second-order valence-corrected chi connectivity index (χ2v) is 20.7. The summed E-state index contributed by atoms with van der Waals surface area (Å²) >= 11 is 0. The van der Waals surface area contributed by atoms with Gasteiger partial charge >= 0.3 is 21.6 Å². The van der Waals surface area contributed by atoms with Crippen LogP contribution in [0.3, 0.4) is 0 Å². The number of hydrogen-bond donors (Lipinski definition) is 0. The Kier molecular flexibility index (Phi) is 11.7. The molecular weight excluding hydrogens is 636 g/mol. The molecule has 0 aliphatic carbocycles. The molecule has 0 fully saturated rings. The fourth-order valence-electron chi connectivity index (χ4n) is 3.61. The molecule has 2 aromatic rings. The van der Waals surface area contributed by atoms with Crippen LogP contribution in [0.1, 0.15) is 38.8 Å². The maximum atomic E-state index is 13.8. The molecule has 0 N–H and O–H groups in total. The number of aryl methyl sites for hydroxylation is 1. The molecule has 0 saturated heterocycles. The van der Waals surface area contributed by atoms with Crippen molar-refractivity contribution in [3.8, 4) is 17.6 Å². The lowest BCUT2D eigenvalue weighted by Crippen LogP contribution is -2.41. The van der Waals surface area contributed by atoms with Gasteiger partial charge in [-0.15, -0.1) is 0 Å². The van der Waals surface area contributed by atoms with Crippen LogP contribution in [-0.2, 0) is 36.2 Å². The van der Waals surface area contributed by atoms with Crippen LogP contribution in [-0.4, -0.2) is 53.8 Å². The number of para-hydroxylation sites is 1. The smallest absolute Gasteiger partial charge is 0.461 e. The summed E-state index contributed by atoms with van der Waals surface area (Å²) in [5.41, 5.74) is -5.16. The van der Waals surface area contributed by atoms with E-state index in [2.05, 4.69) is 11.8 Å². The highest BCUT2D eigenvalue weighted by molar-refractivity contribution is 7.89. The molecule has 242 valence electrons. The molecule has 0 aliphatic rings. The Morgan fingerprint density at radius 3 is 2.11 bits per heavy atom. The Bertz CT molecular complexity index is 1660. The van der Waals surface area contributed by atoms with Crippen molar-refractivity contribution < 1.29 is 43.7 Å². The van der Waals surface area contributed by atoms with Crippen LogP contribution in [0.5, 0.6) is 5.75 Å². The van der Waals surface area contributed by atoms with Crippen molar-refractivity contribution in [3.05, 3.63) is 65.2 Å². The van der Waals surface area contributed by atoms with Crippen LogP contribution in [0, 0.1) is 24.2 Å². The van der Waals surface area contributed by atoms with Crippen LogP contribution in [0.2, 0.25) is 19.6 Å². The van der Waals surface area contributed by atoms with Gasteiger partial charge < -0.3 is 8.92 Å². The van der Waals surface area contributed by atoms with Gasteiger partial charge in [0.15, 0.2) is 0 Å². The molecule has 0 spiro atoms. The maximum absolute atomic E-state index is 13.8. The van der Waals surface area contributed by atoms with Crippen molar-refractivity contribution in [1.82, 2.24) is 4.31 Å². The van der Waals surface area contributed by atoms with Gasteiger partial charge in [-0.3, -0.25) is 4.79 Å². The first-order valence-corrected chi connectivity index (χ1v) is 19.8. The molecule has 8 nitrogen and oxygen atoms in total. The minimum absolute atomic E-state index is 0.0418. The number of nitrogens with zero attached hydrogens (tertiary/aromatic N) is 1. The zero-order valence-electron chi connectivity index (χ0n) is 26.0. The number of allylic oxidation sites excluding steroid dienone is 1. The highest BCUT2D eigenvalue weighted by Gasteiger charge is 2.49. The van der Waals surface area contributed by atoms with E-state index in [1.165, 1.54) is 30.3 Å². The van der Waals surface area contributed by atoms with E-state index in [0.29, 0.717) is 5.57 Å². The predicted octanol–water partition coefficient (Wildman–Crippen LogP) is 5.50. The first kappa shape index (κ1) is 37.1. The number of halogens is 3. The monoisotopic (exact) mass is 673 g/mol. The third-order valence-electron chi connectivity index (χ3n) is 6.14. The number of sulfonamides is 1. The van der Waals surface area contributed by atoms with Crippen molar-refractivity contribution in [1.29, 1.82) is 0 Å². The van der Waals surface area contributed by atoms with E-state index in [0.717, 1.165) is 9.87 Å². The lowest BCUT2D eigenvalue weighted by molar-refractivity contribution is -0.151. The van der Waals surface area contributed by atoms with Gasteiger partial charge in [0.25, 0.3) is 0 Å². The average molecular weight is 674 g/mol. The molecule has 0 bridgehead atoms. The van der Waals surface area contributed by atoms with Crippen molar-refractivity contribution in [2.75, 3.05) is 13.2 Å². The normalized spacial score (nSPS) is 13.3. The number of esters is 1. The number of hydrogen-bond acceptors (Lipinski definition) is 7. The van der Waals surface area contributed by atoms with E-state index in [-0.39, 0.29) is 22.3 Å². The molecule has 44 heavy (non-hydrogen) atoms. The number of ether oxygens (including phenoxy) is 1. The molecule has 0 amide bonds. The average Bonchev–Trinajstić information content (AvgIpc) is 2.87. The molecule has 0 unspecified atom stereocenters. The fraction of sp³-hybridized carbons (Fsp3) is 0.433. The Morgan fingerprint density at radius 1 is 1.00 bits per heavy atom. The van der Waals surface area contributed by atoms with Gasteiger partial charge in [0.2, 0.25) is 10.0 Å². The van der Waals surface area contributed by atoms with Crippen LogP contribution in [0.4, 0.5) is 13.2 Å². The molecule has 0 heterocycles. The molecule has 14 heteroatoms. The number of rotatable bonds is 10. The lowest BCUT2D eigenvalue weighted by atomic mass is 9.97. The largest absolute Gasteiger partial charge is 0.534 e. The van der Waals surface area contributed by atoms with Crippen molar-refractivity contribution >= 4 is 39.4 Å². The van der Waals surface area contributed by atoms with Crippen molar-refractivity contribution in [2.45, 2.75) is 71.2 Å². The Labute approximate surface area is 259 Å². The van der Waals surface area contributed by atoms with E-state index in [1.807, 2.05) is 0 Å². The van der Waals surface area contributed by atoms with Crippen molar-refractivity contribution in [3.63, 3.8) is 0 Å².